The molecule has 4 amide bonds. The second-order valence-electron chi connectivity index (χ2n) is 35.7. The highest BCUT2D eigenvalue weighted by Gasteiger charge is 2.21. The largest absolute Gasteiger partial charge is 0.490 e. The lowest BCUT2D eigenvalue weighted by atomic mass is 10.1. The van der Waals surface area contributed by atoms with Gasteiger partial charge in [-0.25, -0.2) is 29.5 Å². The first-order chi connectivity index (χ1) is 62.2. The number of carbonyl (C=O) groups excluding carboxylic acids is 2. The van der Waals surface area contributed by atoms with Gasteiger partial charge in [0.15, 0.2) is 34.6 Å². The molecule has 6 rings (SSSR count). The fraction of sp³-hybridized carbons (Fsp3) is 0.704. The SMILES string of the molecule is CCCCCCCCCCCCOc1cc(CNC(=O)NCc2ccc(-c3ccnc(-c4nccc(-c5ccc(CNC(=O)NCc6cc(OCCCCCCCCCCCC)c(OCCCCCCCCCCCC)c(OCCCCCCCCCCCC)c6)cn5)n4)n3)nc2)cc(OCCCCCCCCCCCC)c1OCCCCCCCCCCCC. The van der Waals surface area contributed by atoms with E-state index in [2.05, 4.69) is 72.8 Å². The number of nitrogens with one attached hydrogen (secondary N) is 4. The molecular formula is C108H176N10O8. The molecule has 0 atom stereocenters. The molecule has 0 saturated heterocycles. The molecule has 0 saturated carbocycles. The lowest BCUT2D eigenvalue weighted by Crippen LogP contribution is -2.34. The van der Waals surface area contributed by atoms with E-state index in [9.17, 15) is 9.59 Å². The van der Waals surface area contributed by atoms with E-state index in [-0.39, 0.29) is 38.2 Å². The van der Waals surface area contributed by atoms with Gasteiger partial charge >= 0.3 is 12.1 Å². The third-order valence-corrected chi connectivity index (χ3v) is 24.2. The monoisotopic (exact) mass is 1740 g/mol. The summed E-state index contributed by atoms with van der Waals surface area (Å²) in [5.41, 5.74) is 5.88. The normalized spacial score (nSPS) is 11.3. The first kappa shape index (κ1) is 107. The van der Waals surface area contributed by atoms with Crippen molar-refractivity contribution in [3.05, 3.63) is 108 Å². The molecule has 0 aliphatic carbocycles. The van der Waals surface area contributed by atoms with Gasteiger partial charge in [-0.05, 0) is 109 Å². The van der Waals surface area contributed by atoms with Gasteiger partial charge in [-0.3, -0.25) is 9.97 Å². The molecule has 18 nitrogen and oxygen atoms in total. The van der Waals surface area contributed by atoms with E-state index in [1.54, 1.807) is 36.9 Å². The van der Waals surface area contributed by atoms with E-state index in [1.807, 2.05) is 48.5 Å². The third-order valence-electron chi connectivity index (χ3n) is 24.2. The number of ether oxygens (including phenoxy) is 6. The summed E-state index contributed by atoms with van der Waals surface area (Å²) < 4.78 is 40.0. The second-order valence-corrected chi connectivity index (χ2v) is 35.7. The average molecular weight is 1740 g/mol. The predicted molar refractivity (Wildman–Crippen MR) is 525 cm³/mol. The van der Waals surface area contributed by atoms with Crippen molar-refractivity contribution in [3.63, 3.8) is 0 Å². The standard InChI is InChI=1S/C108H176N10O8/c1-7-13-19-25-31-37-43-49-55-61-75-121-99-81-93(82-100(122-76-62-56-50-44-38-32-26-20-14-8-2)103(99)125-79-65-59-53-47-41-35-29-23-17-11-5)89-115-107(119)113-87-91-67-69-95(111-85-91)97-71-73-109-105(117-97)106-110-74-72-98(118-106)96-70-68-92(86-112-96)88-114-108(120)116-90-94-83-101(123-77-63-57-51-45-39-33-27-21-15-9-3)104(126-80-66-60-54-48-42-36-30-24-18-12-6)102(84-94)124-78-64-58-52-46-40-34-28-22-16-10-4/h67-74,81-86H,7-66,75-80,87-90H2,1-6H3,(H2,113,115,119)(H2,114,116,120). The Hall–Kier alpha value is -7.76. The van der Waals surface area contributed by atoms with Crippen LogP contribution in [0.1, 0.15) is 449 Å². The predicted octanol–water partition coefficient (Wildman–Crippen LogP) is 30.9. The van der Waals surface area contributed by atoms with Crippen LogP contribution >= 0.6 is 0 Å². The van der Waals surface area contributed by atoms with Crippen molar-refractivity contribution >= 4 is 12.1 Å². The smallest absolute Gasteiger partial charge is 0.315 e. The van der Waals surface area contributed by atoms with Crippen LogP contribution in [0.15, 0.2) is 85.5 Å². The fourth-order valence-electron chi connectivity index (χ4n) is 16.2. The van der Waals surface area contributed by atoms with E-state index < -0.39 is 0 Å². The molecule has 126 heavy (non-hydrogen) atoms. The number of pyridine rings is 2. The first-order valence-electron chi connectivity index (χ1n) is 52.0. The molecule has 0 bridgehead atoms. The Kier molecular flexibility index (Phi) is 62.9. The number of amides is 4. The summed E-state index contributed by atoms with van der Waals surface area (Å²) in [5.74, 6) is 4.77. The molecule has 706 valence electrons. The van der Waals surface area contributed by atoms with Crippen LogP contribution in [0.25, 0.3) is 34.4 Å². The Morgan fingerprint density at radius 2 is 0.437 bits per heavy atom. The summed E-state index contributed by atoms with van der Waals surface area (Å²) in [6.45, 7) is 18.3. The first-order valence-corrected chi connectivity index (χ1v) is 52.0. The molecule has 0 radical (unpaired) electrons. The maximum atomic E-state index is 13.6. The molecule has 18 heteroatoms. The Morgan fingerprint density at radius 1 is 0.230 bits per heavy atom. The third kappa shape index (κ3) is 50.8. The Morgan fingerprint density at radius 3 is 0.651 bits per heavy atom. The van der Waals surface area contributed by atoms with Crippen LogP contribution in [0.2, 0.25) is 0 Å². The lowest BCUT2D eigenvalue weighted by molar-refractivity contribution is 0.233. The van der Waals surface area contributed by atoms with Crippen LogP contribution in [0.3, 0.4) is 0 Å². The fourth-order valence-corrected chi connectivity index (χ4v) is 16.2. The van der Waals surface area contributed by atoms with Gasteiger partial charge in [-0.15, -0.1) is 0 Å². The Balaban J connectivity index is 1.04. The van der Waals surface area contributed by atoms with Gasteiger partial charge in [0.2, 0.25) is 11.5 Å². The maximum absolute atomic E-state index is 13.6. The molecule has 2 aromatic carbocycles. The number of benzene rings is 2. The molecule has 4 N–H and O–H groups in total. The maximum Gasteiger partial charge on any atom is 0.315 e. The summed E-state index contributed by atoms with van der Waals surface area (Å²) in [6.07, 6.45) is 82.2. The average Bonchev–Trinajstić information content (AvgIpc) is 0.829. The zero-order chi connectivity index (χ0) is 89.1. The van der Waals surface area contributed by atoms with Crippen molar-refractivity contribution in [1.29, 1.82) is 0 Å². The molecule has 0 spiro atoms. The van der Waals surface area contributed by atoms with E-state index in [4.69, 9.17) is 48.4 Å². The van der Waals surface area contributed by atoms with Crippen LogP contribution in [-0.4, -0.2) is 81.6 Å². The van der Waals surface area contributed by atoms with Crippen molar-refractivity contribution in [2.75, 3.05) is 39.6 Å². The van der Waals surface area contributed by atoms with Gasteiger partial charge in [0.25, 0.3) is 0 Å². The van der Waals surface area contributed by atoms with Crippen LogP contribution in [-0.2, 0) is 26.2 Å². The molecule has 0 unspecified atom stereocenters. The van der Waals surface area contributed by atoms with Crippen molar-refractivity contribution in [1.82, 2.24) is 51.2 Å². The number of nitrogens with zero attached hydrogens (tertiary/aromatic N) is 6. The van der Waals surface area contributed by atoms with Gasteiger partial charge in [-0.2, -0.15) is 0 Å². The van der Waals surface area contributed by atoms with E-state index >= 15 is 0 Å². The molecule has 4 heterocycles. The zero-order valence-electron chi connectivity index (χ0n) is 80.5. The number of unbranched alkanes of at least 4 members (excludes halogenated alkanes) is 54. The number of urea groups is 2. The quantitative estimate of drug-likeness (QED) is 0.0262. The molecule has 6 aromatic rings. The van der Waals surface area contributed by atoms with Gasteiger partial charge in [0, 0.05) is 51.0 Å². The Bertz CT molecular complexity index is 3310. The van der Waals surface area contributed by atoms with E-state index in [1.165, 1.54) is 308 Å². The van der Waals surface area contributed by atoms with Gasteiger partial charge in [0.1, 0.15) is 0 Å². The number of hydrogen-bond donors (Lipinski definition) is 4. The second kappa shape index (κ2) is 74.1. The van der Waals surface area contributed by atoms with Crippen molar-refractivity contribution in [3.8, 4) is 68.9 Å². The lowest BCUT2D eigenvalue weighted by Gasteiger charge is -2.19. The summed E-state index contributed by atoms with van der Waals surface area (Å²) in [4.78, 5) is 55.7. The van der Waals surface area contributed by atoms with Gasteiger partial charge < -0.3 is 49.7 Å². The number of carbonyl (C=O) groups is 2. The van der Waals surface area contributed by atoms with Crippen molar-refractivity contribution in [2.45, 2.75) is 453 Å². The van der Waals surface area contributed by atoms with Crippen LogP contribution < -0.4 is 49.7 Å². The molecule has 0 aliphatic rings. The summed E-state index contributed by atoms with van der Waals surface area (Å²) in [6, 6.07) is 18.8. The van der Waals surface area contributed by atoms with Crippen LogP contribution in [0, 0.1) is 0 Å². The topological polar surface area (TPSA) is 215 Å². The molecule has 0 aliphatic heterocycles. The molecular weight excluding hydrogens is 1570 g/mol. The number of aromatic nitrogens is 6. The minimum atomic E-state index is -0.302. The highest BCUT2D eigenvalue weighted by molar-refractivity contribution is 5.74. The Labute approximate surface area is 766 Å². The molecule has 0 fully saturated rings. The van der Waals surface area contributed by atoms with Crippen LogP contribution in [0.4, 0.5) is 9.59 Å². The summed E-state index contributed by atoms with van der Waals surface area (Å²) in [5, 5.41) is 12.3. The van der Waals surface area contributed by atoms with E-state index in [0.29, 0.717) is 109 Å². The van der Waals surface area contributed by atoms with E-state index in [0.717, 1.165) is 99.3 Å². The van der Waals surface area contributed by atoms with Gasteiger partial charge in [-0.1, -0.05) is 400 Å². The minimum absolute atomic E-state index is 0.265. The van der Waals surface area contributed by atoms with Gasteiger partial charge in [0.05, 0.1) is 62.4 Å². The highest BCUT2D eigenvalue weighted by Crippen LogP contribution is 2.42. The summed E-state index contributed by atoms with van der Waals surface area (Å²) in [7, 11) is 0. The highest BCUT2D eigenvalue weighted by atomic mass is 16.5. The van der Waals surface area contributed by atoms with Crippen LogP contribution in [0.5, 0.6) is 34.5 Å². The number of hydrogen-bond acceptors (Lipinski definition) is 14. The van der Waals surface area contributed by atoms with Crippen molar-refractivity contribution < 1.29 is 38.0 Å². The van der Waals surface area contributed by atoms with Crippen molar-refractivity contribution in [2.24, 2.45) is 0 Å². The minimum Gasteiger partial charge on any atom is -0.490 e. The molecule has 4 aromatic heterocycles. The summed E-state index contributed by atoms with van der Waals surface area (Å²) >= 11 is 0. The zero-order valence-corrected chi connectivity index (χ0v) is 80.5. The number of rotatable bonds is 83.